The summed E-state index contributed by atoms with van der Waals surface area (Å²) in [6, 6.07) is 3.15. The summed E-state index contributed by atoms with van der Waals surface area (Å²) in [5.74, 6) is 0.372. The van der Waals surface area contributed by atoms with Crippen LogP contribution in [0, 0.1) is 5.92 Å². The van der Waals surface area contributed by atoms with Gasteiger partial charge in [-0.05, 0) is 30.9 Å². The largest absolute Gasteiger partial charge is 0.354 e. The number of amides is 2. The third-order valence-electron chi connectivity index (χ3n) is 4.35. The minimum atomic E-state index is -0.453. The first kappa shape index (κ1) is 13.2. The molecule has 5 heteroatoms. The average Bonchev–Trinajstić information content (AvgIpc) is 2.95. The van der Waals surface area contributed by atoms with Crippen molar-refractivity contribution in [2.45, 2.75) is 44.7 Å². The summed E-state index contributed by atoms with van der Waals surface area (Å²) in [6.07, 6.45) is 8.12. The van der Waals surface area contributed by atoms with Gasteiger partial charge in [0.15, 0.2) is 0 Å². The lowest BCUT2D eigenvalue weighted by Gasteiger charge is -2.27. The highest BCUT2D eigenvalue weighted by atomic mass is 16.2. The molecular formula is C15H21N3O2. The smallest absolute Gasteiger partial charge is 0.268 e. The van der Waals surface area contributed by atoms with Gasteiger partial charge >= 0.3 is 0 Å². The van der Waals surface area contributed by atoms with Crippen LogP contribution < -0.4 is 10.6 Å². The molecule has 0 radical (unpaired) electrons. The van der Waals surface area contributed by atoms with Gasteiger partial charge in [-0.3, -0.25) is 9.59 Å². The van der Waals surface area contributed by atoms with Gasteiger partial charge < -0.3 is 15.2 Å². The van der Waals surface area contributed by atoms with Crippen LogP contribution in [0.3, 0.4) is 0 Å². The molecule has 0 aromatic carbocycles. The topological polar surface area (TPSA) is 63.1 Å². The van der Waals surface area contributed by atoms with Gasteiger partial charge in [-0.25, -0.2) is 0 Å². The van der Waals surface area contributed by atoms with Crippen LogP contribution in [0.5, 0.6) is 0 Å². The second kappa shape index (κ2) is 5.69. The van der Waals surface area contributed by atoms with Gasteiger partial charge in [0, 0.05) is 12.7 Å². The van der Waals surface area contributed by atoms with Crippen molar-refractivity contribution in [2.24, 2.45) is 5.92 Å². The molecular weight excluding hydrogens is 254 g/mol. The maximum atomic E-state index is 12.2. The molecule has 2 aliphatic rings. The first-order valence-corrected chi connectivity index (χ1v) is 7.48. The van der Waals surface area contributed by atoms with Gasteiger partial charge in [-0.2, -0.15) is 0 Å². The first-order valence-electron chi connectivity index (χ1n) is 7.48. The Balaban J connectivity index is 1.54. The fourth-order valence-corrected chi connectivity index (χ4v) is 3.16. The number of nitrogens with zero attached hydrogens (tertiary/aromatic N) is 1. The Morgan fingerprint density at radius 3 is 2.95 bits per heavy atom. The summed E-state index contributed by atoms with van der Waals surface area (Å²) in [5.41, 5.74) is 0.626. The van der Waals surface area contributed by atoms with E-state index in [2.05, 4.69) is 10.6 Å². The molecule has 0 bridgehead atoms. The molecule has 3 rings (SSSR count). The van der Waals surface area contributed by atoms with E-state index in [1.165, 1.54) is 32.1 Å². The number of aromatic nitrogens is 1. The summed E-state index contributed by atoms with van der Waals surface area (Å²) in [4.78, 5) is 24.0. The van der Waals surface area contributed by atoms with E-state index in [0.29, 0.717) is 18.2 Å². The van der Waals surface area contributed by atoms with Gasteiger partial charge in [0.1, 0.15) is 11.7 Å². The predicted octanol–water partition coefficient (Wildman–Crippen LogP) is 1.30. The molecule has 2 heterocycles. The third kappa shape index (κ3) is 2.71. The lowest BCUT2D eigenvalue weighted by molar-refractivity contribution is -0.123. The lowest BCUT2D eigenvalue weighted by atomic mass is 9.89. The van der Waals surface area contributed by atoms with Crippen molar-refractivity contribution in [1.29, 1.82) is 0 Å². The van der Waals surface area contributed by atoms with E-state index in [0.717, 1.165) is 6.54 Å². The molecule has 1 aliphatic carbocycles. The zero-order valence-electron chi connectivity index (χ0n) is 11.6. The first-order chi connectivity index (χ1) is 9.74. The highest BCUT2D eigenvalue weighted by Crippen LogP contribution is 2.22. The van der Waals surface area contributed by atoms with Gasteiger partial charge in [-0.1, -0.05) is 19.3 Å². The average molecular weight is 275 g/mol. The van der Waals surface area contributed by atoms with Gasteiger partial charge in [0.2, 0.25) is 5.91 Å². The predicted molar refractivity (Wildman–Crippen MR) is 75.3 cm³/mol. The second-order valence-corrected chi connectivity index (χ2v) is 5.82. The Kier molecular flexibility index (Phi) is 3.76. The van der Waals surface area contributed by atoms with Crippen LogP contribution in [0.4, 0.5) is 0 Å². The normalized spacial score (nSPS) is 23.0. The zero-order valence-corrected chi connectivity index (χ0v) is 11.6. The molecule has 5 nitrogen and oxygen atoms in total. The zero-order chi connectivity index (χ0) is 13.9. The highest BCUT2D eigenvalue weighted by molar-refractivity contribution is 5.97. The van der Waals surface area contributed by atoms with Crippen molar-refractivity contribution in [1.82, 2.24) is 15.2 Å². The Hall–Kier alpha value is -1.78. The summed E-state index contributed by atoms with van der Waals surface area (Å²) in [5, 5.41) is 5.77. The van der Waals surface area contributed by atoms with Crippen molar-refractivity contribution in [3.63, 3.8) is 0 Å². The standard InChI is InChI=1S/C15H21N3O2/c19-14(16-9-11-5-2-1-3-6-11)12-10-18-8-4-7-13(18)15(20)17-12/h4,7-8,11-12H,1-3,5-6,9-10H2,(H,16,19)(H,17,20). The van der Waals surface area contributed by atoms with Gasteiger partial charge in [-0.15, -0.1) is 0 Å². The minimum Gasteiger partial charge on any atom is -0.354 e. The number of carbonyl (C=O) groups is 2. The van der Waals surface area contributed by atoms with E-state index in [-0.39, 0.29) is 11.8 Å². The molecule has 1 aliphatic heterocycles. The van der Waals surface area contributed by atoms with Gasteiger partial charge in [0.25, 0.3) is 5.91 Å². The Labute approximate surface area is 118 Å². The molecule has 108 valence electrons. The van der Waals surface area contributed by atoms with E-state index < -0.39 is 6.04 Å². The Bertz CT molecular complexity index is 503. The van der Waals surface area contributed by atoms with Crippen molar-refractivity contribution >= 4 is 11.8 Å². The van der Waals surface area contributed by atoms with E-state index in [4.69, 9.17) is 0 Å². The van der Waals surface area contributed by atoms with Crippen molar-refractivity contribution in [3.8, 4) is 0 Å². The Morgan fingerprint density at radius 2 is 2.15 bits per heavy atom. The number of carbonyl (C=O) groups excluding carboxylic acids is 2. The maximum absolute atomic E-state index is 12.2. The monoisotopic (exact) mass is 275 g/mol. The molecule has 1 aromatic rings. The maximum Gasteiger partial charge on any atom is 0.268 e. The molecule has 1 saturated carbocycles. The van der Waals surface area contributed by atoms with Crippen LogP contribution in [0.25, 0.3) is 0 Å². The van der Waals surface area contributed by atoms with Crippen LogP contribution in [-0.2, 0) is 11.3 Å². The van der Waals surface area contributed by atoms with E-state index in [1.807, 2.05) is 16.8 Å². The molecule has 0 spiro atoms. The summed E-state index contributed by atoms with van der Waals surface area (Å²) >= 11 is 0. The SMILES string of the molecule is O=C1NC(C(=O)NCC2CCCCC2)Cn2cccc21. The van der Waals surface area contributed by atoms with Crippen LogP contribution in [0.2, 0.25) is 0 Å². The minimum absolute atomic E-state index is 0.0664. The quantitative estimate of drug-likeness (QED) is 0.873. The van der Waals surface area contributed by atoms with Crippen LogP contribution in [-0.4, -0.2) is 29.0 Å². The molecule has 1 fully saturated rings. The third-order valence-corrected chi connectivity index (χ3v) is 4.35. The van der Waals surface area contributed by atoms with Crippen LogP contribution >= 0.6 is 0 Å². The number of rotatable bonds is 3. The van der Waals surface area contributed by atoms with Crippen LogP contribution in [0.15, 0.2) is 18.3 Å². The highest BCUT2D eigenvalue weighted by Gasteiger charge is 2.28. The van der Waals surface area contributed by atoms with Crippen molar-refractivity contribution in [3.05, 3.63) is 24.0 Å². The molecule has 20 heavy (non-hydrogen) atoms. The fourth-order valence-electron chi connectivity index (χ4n) is 3.16. The van der Waals surface area contributed by atoms with E-state index in [1.54, 1.807) is 6.07 Å². The van der Waals surface area contributed by atoms with Crippen molar-refractivity contribution < 1.29 is 9.59 Å². The number of nitrogens with one attached hydrogen (secondary N) is 2. The molecule has 2 amide bonds. The number of hydrogen-bond acceptors (Lipinski definition) is 2. The summed E-state index contributed by atoms with van der Waals surface area (Å²) < 4.78 is 1.84. The Morgan fingerprint density at radius 1 is 1.35 bits per heavy atom. The molecule has 0 saturated heterocycles. The van der Waals surface area contributed by atoms with E-state index >= 15 is 0 Å². The lowest BCUT2D eigenvalue weighted by Crippen LogP contribution is -2.53. The van der Waals surface area contributed by atoms with E-state index in [9.17, 15) is 9.59 Å². The fraction of sp³-hybridized carbons (Fsp3) is 0.600. The number of fused-ring (bicyclic) bond motifs is 1. The molecule has 1 atom stereocenters. The second-order valence-electron chi connectivity index (χ2n) is 5.82. The molecule has 1 unspecified atom stereocenters. The molecule has 1 aromatic heterocycles. The molecule has 2 N–H and O–H groups in total. The van der Waals surface area contributed by atoms with Crippen molar-refractivity contribution in [2.75, 3.05) is 6.54 Å². The van der Waals surface area contributed by atoms with Gasteiger partial charge in [0.05, 0.1) is 6.54 Å². The summed E-state index contributed by atoms with van der Waals surface area (Å²) in [7, 11) is 0. The summed E-state index contributed by atoms with van der Waals surface area (Å²) in [6.45, 7) is 1.26. The number of hydrogen-bond donors (Lipinski definition) is 2. The van der Waals surface area contributed by atoms with Crippen LogP contribution in [0.1, 0.15) is 42.6 Å².